The van der Waals surface area contributed by atoms with Gasteiger partial charge in [0.1, 0.15) is 5.78 Å². The lowest BCUT2D eigenvalue weighted by atomic mass is 9.86. The van der Waals surface area contributed by atoms with Crippen LogP contribution in [0.3, 0.4) is 0 Å². The topological polar surface area (TPSA) is 38.3 Å². The van der Waals surface area contributed by atoms with E-state index in [1.54, 1.807) is 0 Å². The molecule has 3 nitrogen and oxygen atoms in total. The van der Waals surface area contributed by atoms with Gasteiger partial charge in [-0.05, 0) is 61.3 Å². The molecule has 0 aromatic heterocycles. The van der Waals surface area contributed by atoms with Crippen molar-refractivity contribution in [3.63, 3.8) is 0 Å². The van der Waals surface area contributed by atoms with Crippen molar-refractivity contribution in [2.75, 3.05) is 6.61 Å². The molecular formula is C19H39NO2. The average molecular weight is 314 g/mol. The molecule has 0 unspecified atom stereocenters. The fourth-order valence-corrected chi connectivity index (χ4v) is 2.52. The molecule has 0 heterocycles. The Morgan fingerprint density at radius 2 is 1.36 bits per heavy atom. The van der Waals surface area contributed by atoms with E-state index in [0.717, 1.165) is 12.8 Å². The van der Waals surface area contributed by atoms with Crippen LogP contribution in [-0.2, 0) is 9.53 Å². The zero-order valence-electron chi connectivity index (χ0n) is 16.6. The predicted octanol–water partition coefficient (Wildman–Crippen LogP) is 4.73. The molecule has 0 saturated heterocycles. The van der Waals surface area contributed by atoms with Gasteiger partial charge in [-0.25, -0.2) is 0 Å². The second-order valence-corrected chi connectivity index (χ2v) is 9.79. The van der Waals surface area contributed by atoms with E-state index in [-0.39, 0.29) is 22.1 Å². The molecule has 0 saturated carbocycles. The lowest BCUT2D eigenvalue weighted by Gasteiger charge is -2.36. The smallest absolute Gasteiger partial charge is 0.138 e. The summed E-state index contributed by atoms with van der Waals surface area (Å²) < 4.78 is 6.05. The molecule has 1 N–H and O–H groups in total. The van der Waals surface area contributed by atoms with Gasteiger partial charge in [0.2, 0.25) is 0 Å². The van der Waals surface area contributed by atoms with E-state index in [1.165, 1.54) is 0 Å². The van der Waals surface area contributed by atoms with Crippen LogP contribution in [0.2, 0.25) is 0 Å². The molecule has 0 fully saturated rings. The SMILES string of the molecule is CC(C)(C)NC(C)(C)CCOC(C)(C)CCC(=O)C(C)(C)C. The highest BCUT2D eigenvalue weighted by Gasteiger charge is 2.27. The first-order valence-corrected chi connectivity index (χ1v) is 8.51. The maximum atomic E-state index is 12.0. The quantitative estimate of drug-likeness (QED) is 0.704. The van der Waals surface area contributed by atoms with Gasteiger partial charge in [-0.3, -0.25) is 4.79 Å². The zero-order chi connectivity index (χ0) is 17.8. The Morgan fingerprint density at radius 3 is 1.77 bits per heavy atom. The minimum atomic E-state index is -0.255. The molecule has 0 atom stereocenters. The van der Waals surface area contributed by atoms with Gasteiger partial charge in [0.25, 0.3) is 0 Å². The van der Waals surface area contributed by atoms with Crippen LogP contribution in [-0.4, -0.2) is 29.1 Å². The minimum absolute atomic E-state index is 0.0373. The van der Waals surface area contributed by atoms with Crippen molar-refractivity contribution in [2.45, 2.75) is 105 Å². The van der Waals surface area contributed by atoms with Crippen LogP contribution in [0.4, 0.5) is 0 Å². The molecule has 132 valence electrons. The van der Waals surface area contributed by atoms with E-state index >= 15 is 0 Å². The molecular weight excluding hydrogens is 274 g/mol. The summed E-state index contributed by atoms with van der Waals surface area (Å²) in [6.07, 6.45) is 2.30. The molecule has 0 aromatic rings. The second kappa shape index (κ2) is 7.44. The summed E-state index contributed by atoms with van der Waals surface area (Å²) in [6, 6.07) is 0. The summed E-state index contributed by atoms with van der Waals surface area (Å²) >= 11 is 0. The molecule has 0 aliphatic rings. The molecule has 0 bridgehead atoms. The normalized spacial score (nSPS) is 14.3. The number of carbonyl (C=O) groups excluding carboxylic acids is 1. The van der Waals surface area contributed by atoms with Gasteiger partial charge in [0.05, 0.1) is 5.60 Å². The first kappa shape index (κ1) is 21.6. The second-order valence-electron chi connectivity index (χ2n) is 9.79. The third-order valence-corrected chi connectivity index (χ3v) is 3.72. The van der Waals surface area contributed by atoms with Crippen LogP contribution in [0, 0.1) is 5.41 Å². The van der Waals surface area contributed by atoms with E-state index in [1.807, 2.05) is 20.8 Å². The van der Waals surface area contributed by atoms with Gasteiger partial charge in [0, 0.05) is 29.5 Å². The summed E-state index contributed by atoms with van der Waals surface area (Å²) in [4.78, 5) is 12.0. The zero-order valence-corrected chi connectivity index (χ0v) is 16.6. The predicted molar refractivity (Wildman–Crippen MR) is 95.3 cm³/mol. The molecule has 0 radical (unpaired) electrons. The highest BCUT2D eigenvalue weighted by molar-refractivity contribution is 5.83. The van der Waals surface area contributed by atoms with Crippen molar-refractivity contribution >= 4 is 5.78 Å². The summed E-state index contributed by atoms with van der Waals surface area (Å²) in [6.45, 7) is 21.7. The lowest BCUT2D eigenvalue weighted by Crippen LogP contribution is -2.51. The number of carbonyl (C=O) groups is 1. The third kappa shape index (κ3) is 10.3. The summed E-state index contributed by atoms with van der Waals surface area (Å²) in [5, 5.41) is 3.62. The Bertz CT molecular complexity index is 357. The fraction of sp³-hybridized carbons (Fsp3) is 0.947. The van der Waals surface area contributed by atoms with Gasteiger partial charge in [0.15, 0.2) is 0 Å². The molecule has 0 aliphatic carbocycles. The average Bonchev–Trinajstić information content (AvgIpc) is 2.20. The molecule has 0 rings (SSSR count). The van der Waals surface area contributed by atoms with Crippen molar-refractivity contribution in [1.29, 1.82) is 0 Å². The Kier molecular flexibility index (Phi) is 7.30. The van der Waals surface area contributed by atoms with E-state index in [2.05, 4.69) is 53.8 Å². The molecule has 0 amide bonds. The number of rotatable bonds is 8. The van der Waals surface area contributed by atoms with Crippen LogP contribution >= 0.6 is 0 Å². The monoisotopic (exact) mass is 313 g/mol. The summed E-state index contributed by atoms with van der Waals surface area (Å²) in [5.74, 6) is 0.305. The highest BCUT2D eigenvalue weighted by Crippen LogP contribution is 2.24. The van der Waals surface area contributed by atoms with Gasteiger partial charge < -0.3 is 10.1 Å². The van der Waals surface area contributed by atoms with Crippen LogP contribution in [0.1, 0.15) is 88.5 Å². The van der Waals surface area contributed by atoms with E-state index < -0.39 is 0 Å². The maximum absolute atomic E-state index is 12.0. The van der Waals surface area contributed by atoms with Gasteiger partial charge in [-0.2, -0.15) is 0 Å². The first-order valence-electron chi connectivity index (χ1n) is 8.51. The number of Topliss-reactive ketones (excluding diaryl/α,β-unsaturated/α-hetero) is 1. The van der Waals surface area contributed by atoms with E-state index in [9.17, 15) is 4.79 Å². The van der Waals surface area contributed by atoms with Crippen LogP contribution in [0.25, 0.3) is 0 Å². The van der Waals surface area contributed by atoms with Crippen molar-refractivity contribution < 1.29 is 9.53 Å². The Morgan fingerprint density at radius 1 is 0.864 bits per heavy atom. The van der Waals surface area contributed by atoms with Gasteiger partial charge in [-0.15, -0.1) is 0 Å². The number of hydrogen-bond acceptors (Lipinski definition) is 3. The van der Waals surface area contributed by atoms with Crippen LogP contribution in [0.15, 0.2) is 0 Å². The highest BCUT2D eigenvalue weighted by atomic mass is 16.5. The molecule has 22 heavy (non-hydrogen) atoms. The van der Waals surface area contributed by atoms with Crippen molar-refractivity contribution in [2.24, 2.45) is 5.41 Å². The standard InChI is InChI=1S/C19H39NO2/c1-16(2,3)15(21)11-12-19(9,10)22-14-13-18(7,8)20-17(4,5)6/h20H,11-14H2,1-10H3. The van der Waals surface area contributed by atoms with Gasteiger partial charge >= 0.3 is 0 Å². The van der Waals surface area contributed by atoms with Crippen LogP contribution < -0.4 is 5.32 Å². The van der Waals surface area contributed by atoms with E-state index in [0.29, 0.717) is 18.8 Å². The van der Waals surface area contributed by atoms with Crippen molar-refractivity contribution in [1.82, 2.24) is 5.32 Å². The largest absolute Gasteiger partial charge is 0.375 e. The molecule has 0 aromatic carbocycles. The van der Waals surface area contributed by atoms with Crippen molar-refractivity contribution in [3.8, 4) is 0 Å². The third-order valence-electron chi connectivity index (χ3n) is 3.72. The Balaban J connectivity index is 4.26. The van der Waals surface area contributed by atoms with Gasteiger partial charge in [-0.1, -0.05) is 20.8 Å². The maximum Gasteiger partial charge on any atom is 0.138 e. The molecule has 0 aliphatic heterocycles. The number of hydrogen-bond donors (Lipinski definition) is 1. The first-order chi connectivity index (χ1) is 9.54. The number of nitrogens with one attached hydrogen (secondary N) is 1. The molecule has 3 heteroatoms. The lowest BCUT2D eigenvalue weighted by molar-refractivity contribution is -0.128. The van der Waals surface area contributed by atoms with Crippen LogP contribution in [0.5, 0.6) is 0 Å². The minimum Gasteiger partial charge on any atom is -0.375 e. The Hall–Kier alpha value is -0.410. The van der Waals surface area contributed by atoms with E-state index in [4.69, 9.17) is 4.74 Å². The number of ketones is 1. The number of ether oxygens (including phenoxy) is 1. The Labute approximate surface area is 138 Å². The molecule has 0 spiro atoms. The van der Waals surface area contributed by atoms with Crippen molar-refractivity contribution in [3.05, 3.63) is 0 Å². The summed E-state index contributed by atoms with van der Waals surface area (Å²) in [5.41, 5.74) is -0.374. The fourth-order valence-electron chi connectivity index (χ4n) is 2.52. The summed E-state index contributed by atoms with van der Waals surface area (Å²) in [7, 11) is 0.